The number of hydrogen-bond acceptors (Lipinski definition) is 5. The summed E-state index contributed by atoms with van der Waals surface area (Å²) >= 11 is 1.72. The Balaban J connectivity index is 1.76. The maximum atomic E-state index is 5.97. The molecule has 1 aliphatic heterocycles. The summed E-state index contributed by atoms with van der Waals surface area (Å²) in [6.07, 6.45) is 0.824. The van der Waals surface area contributed by atoms with Gasteiger partial charge in [0.15, 0.2) is 0 Å². The van der Waals surface area contributed by atoms with E-state index in [0.29, 0.717) is 19.0 Å². The molecule has 1 aliphatic rings. The van der Waals surface area contributed by atoms with Crippen molar-refractivity contribution >= 4 is 17.6 Å². The van der Waals surface area contributed by atoms with Gasteiger partial charge in [0.1, 0.15) is 11.6 Å². The smallest absolute Gasteiger partial charge is 0.141 e. The van der Waals surface area contributed by atoms with E-state index in [2.05, 4.69) is 22.1 Å². The van der Waals surface area contributed by atoms with Crippen LogP contribution in [-0.2, 0) is 23.5 Å². The Morgan fingerprint density at radius 3 is 2.89 bits per heavy atom. The Bertz CT molecular complexity index is 574. The number of anilines is 1. The first-order valence-electron chi connectivity index (χ1n) is 6.22. The van der Waals surface area contributed by atoms with Crippen molar-refractivity contribution in [2.75, 3.05) is 12.3 Å². The van der Waals surface area contributed by atoms with Crippen molar-refractivity contribution in [2.45, 2.75) is 23.7 Å². The van der Waals surface area contributed by atoms with Crippen LogP contribution in [0.4, 0.5) is 5.82 Å². The van der Waals surface area contributed by atoms with Gasteiger partial charge >= 0.3 is 0 Å². The number of hydrogen-bond donors (Lipinski definition) is 1. The molecule has 1 aromatic heterocycles. The Kier molecular flexibility index (Phi) is 3.66. The summed E-state index contributed by atoms with van der Waals surface area (Å²) in [6, 6.07) is 10.2. The average Bonchev–Trinajstić information content (AvgIpc) is 2.46. The number of thioether (sulfide) groups is 1. The Morgan fingerprint density at radius 2 is 2.05 bits per heavy atom. The molecule has 98 valence electrons. The lowest BCUT2D eigenvalue weighted by Gasteiger charge is -2.17. The summed E-state index contributed by atoms with van der Waals surface area (Å²) in [6.45, 7) is 1.25. The van der Waals surface area contributed by atoms with Crippen molar-refractivity contribution in [1.29, 1.82) is 0 Å². The zero-order valence-electron chi connectivity index (χ0n) is 10.5. The number of benzene rings is 1. The molecule has 3 rings (SSSR count). The van der Waals surface area contributed by atoms with Crippen LogP contribution in [0.3, 0.4) is 0 Å². The lowest BCUT2D eigenvalue weighted by Crippen LogP contribution is -2.16. The first-order valence-corrected chi connectivity index (χ1v) is 7.21. The summed E-state index contributed by atoms with van der Waals surface area (Å²) < 4.78 is 5.38. The summed E-state index contributed by atoms with van der Waals surface area (Å²) in [5.74, 6) is 2.10. The SMILES string of the molecule is Nc1nc(CSc2ccccc2)nc2c1COCC2. The quantitative estimate of drug-likeness (QED) is 0.870. The number of nitrogens with zero attached hydrogens (tertiary/aromatic N) is 2. The Hall–Kier alpha value is -1.59. The molecule has 0 bridgehead atoms. The molecule has 2 N–H and O–H groups in total. The van der Waals surface area contributed by atoms with Crippen molar-refractivity contribution in [3.63, 3.8) is 0 Å². The predicted octanol–water partition coefficient (Wildman–Crippen LogP) is 2.42. The highest BCUT2D eigenvalue weighted by Crippen LogP contribution is 2.24. The van der Waals surface area contributed by atoms with Crippen LogP contribution in [0.25, 0.3) is 0 Å². The molecular weight excluding hydrogens is 258 g/mol. The third-order valence-electron chi connectivity index (χ3n) is 3.01. The normalized spacial score (nSPS) is 14.1. The minimum atomic E-state index is 0.535. The van der Waals surface area contributed by atoms with Crippen LogP contribution < -0.4 is 5.73 Å². The van der Waals surface area contributed by atoms with Crippen LogP contribution in [0, 0.1) is 0 Å². The van der Waals surface area contributed by atoms with E-state index in [1.807, 2.05) is 18.2 Å². The van der Waals surface area contributed by atoms with Crippen LogP contribution in [0.1, 0.15) is 17.1 Å². The average molecular weight is 273 g/mol. The molecule has 0 spiro atoms. The summed E-state index contributed by atoms with van der Waals surface area (Å²) in [4.78, 5) is 10.2. The number of ether oxygens (including phenoxy) is 1. The van der Waals surface area contributed by atoms with Gasteiger partial charge in [-0.2, -0.15) is 0 Å². The number of rotatable bonds is 3. The molecular formula is C14H15N3OS. The van der Waals surface area contributed by atoms with E-state index in [-0.39, 0.29) is 0 Å². The fourth-order valence-corrected chi connectivity index (χ4v) is 2.81. The molecule has 0 saturated carbocycles. The largest absolute Gasteiger partial charge is 0.383 e. The van der Waals surface area contributed by atoms with Gasteiger partial charge in [0.05, 0.1) is 24.7 Å². The first kappa shape index (κ1) is 12.4. The van der Waals surface area contributed by atoms with Crippen molar-refractivity contribution in [1.82, 2.24) is 9.97 Å². The lowest BCUT2D eigenvalue weighted by atomic mass is 10.1. The number of nitrogen functional groups attached to an aromatic ring is 1. The third kappa shape index (κ3) is 2.88. The van der Waals surface area contributed by atoms with Crippen LogP contribution in [0.2, 0.25) is 0 Å². The first-order chi connectivity index (χ1) is 9.33. The van der Waals surface area contributed by atoms with Crippen LogP contribution in [0.15, 0.2) is 35.2 Å². The number of nitrogens with two attached hydrogens (primary N) is 1. The van der Waals surface area contributed by atoms with Gasteiger partial charge < -0.3 is 10.5 Å². The monoisotopic (exact) mass is 273 g/mol. The van der Waals surface area contributed by atoms with E-state index in [0.717, 1.165) is 29.3 Å². The second-order valence-corrected chi connectivity index (χ2v) is 5.40. The van der Waals surface area contributed by atoms with Gasteiger partial charge in [-0.25, -0.2) is 9.97 Å². The minimum Gasteiger partial charge on any atom is -0.383 e. The molecule has 0 radical (unpaired) electrons. The summed E-state index contributed by atoms with van der Waals surface area (Å²) in [5, 5.41) is 0. The summed E-state index contributed by atoms with van der Waals surface area (Å²) in [5.41, 5.74) is 7.97. The zero-order valence-corrected chi connectivity index (χ0v) is 11.3. The van der Waals surface area contributed by atoms with Crippen LogP contribution >= 0.6 is 11.8 Å². The predicted molar refractivity (Wildman–Crippen MR) is 75.8 cm³/mol. The van der Waals surface area contributed by atoms with Gasteiger partial charge in [-0.3, -0.25) is 0 Å². The maximum Gasteiger partial charge on any atom is 0.141 e. The fourth-order valence-electron chi connectivity index (χ4n) is 2.04. The fraction of sp³-hybridized carbons (Fsp3) is 0.286. The highest BCUT2D eigenvalue weighted by molar-refractivity contribution is 7.98. The molecule has 2 aromatic rings. The van der Waals surface area contributed by atoms with E-state index in [1.165, 1.54) is 4.90 Å². The summed E-state index contributed by atoms with van der Waals surface area (Å²) in [7, 11) is 0. The molecule has 0 fully saturated rings. The van der Waals surface area contributed by atoms with Crippen molar-refractivity contribution in [3.05, 3.63) is 47.4 Å². The molecule has 0 aliphatic carbocycles. The Morgan fingerprint density at radius 1 is 1.21 bits per heavy atom. The van der Waals surface area contributed by atoms with Crippen LogP contribution in [0.5, 0.6) is 0 Å². The number of fused-ring (bicyclic) bond motifs is 1. The van der Waals surface area contributed by atoms with Gasteiger partial charge in [0.2, 0.25) is 0 Å². The van der Waals surface area contributed by atoms with Crippen molar-refractivity contribution < 1.29 is 4.74 Å². The lowest BCUT2D eigenvalue weighted by molar-refractivity contribution is 0.109. The third-order valence-corrected chi connectivity index (χ3v) is 4.02. The van der Waals surface area contributed by atoms with Crippen molar-refractivity contribution in [3.8, 4) is 0 Å². The van der Waals surface area contributed by atoms with E-state index >= 15 is 0 Å². The second kappa shape index (κ2) is 5.59. The molecule has 19 heavy (non-hydrogen) atoms. The molecule has 0 unspecified atom stereocenters. The number of aromatic nitrogens is 2. The van der Waals surface area contributed by atoms with E-state index < -0.39 is 0 Å². The molecule has 0 saturated heterocycles. The maximum absolute atomic E-state index is 5.97. The molecule has 4 nitrogen and oxygen atoms in total. The molecule has 2 heterocycles. The van der Waals surface area contributed by atoms with Crippen molar-refractivity contribution in [2.24, 2.45) is 0 Å². The topological polar surface area (TPSA) is 61.0 Å². The van der Waals surface area contributed by atoms with Crippen LogP contribution in [-0.4, -0.2) is 16.6 Å². The van der Waals surface area contributed by atoms with Gasteiger partial charge in [-0.05, 0) is 12.1 Å². The molecule has 0 amide bonds. The molecule has 0 atom stereocenters. The zero-order chi connectivity index (χ0) is 13.1. The van der Waals surface area contributed by atoms with Gasteiger partial charge in [0.25, 0.3) is 0 Å². The standard InChI is InChI=1S/C14H15N3OS/c15-14-11-8-18-7-6-12(11)16-13(17-14)9-19-10-4-2-1-3-5-10/h1-5H,6-9H2,(H2,15,16,17). The molecule has 1 aromatic carbocycles. The van der Waals surface area contributed by atoms with Gasteiger partial charge in [-0.1, -0.05) is 18.2 Å². The van der Waals surface area contributed by atoms with Gasteiger partial charge in [0, 0.05) is 16.9 Å². The van der Waals surface area contributed by atoms with E-state index in [1.54, 1.807) is 11.8 Å². The second-order valence-electron chi connectivity index (χ2n) is 4.35. The van der Waals surface area contributed by atoms with E-state index in [4.69, 9.17) is 10.5 Å². The Labute approximate surface area is 116 Å². The molecule has 5 heteroatoms. The minimum absolute atomic E-state index is 0.535. The highest BCUT2D eigenvalue weighted by atomic mass is 32.2. The van der Waals surface area contributed by atoms with E-state index in [9.17, 15) is 0 Å². The van der Waals surface area contributed by atoms with Gasteiger partial charge in [-0.15, -0.1) is 11.8 Å². The highest BCUT2D eigenvalue weighted by Gasteiger charge is 2.16.